The summed E-state index contributed by atoms with van der Waals surface area (Å²) in [7, 11) is -1.14. The summed E-state index contributed by atoms with van der Waals surface area (Å²) in [6.45, 7) is 9.58. The molecule has 0 aromatic heterocycles. The molecule has 5 N–H and O–H groups in total. The lowest BCUT2D eigenvalue weighted by Crippen LogP contribution is -2.41. The number of carbonyl (C=O) groups is 1. The zero-order valence-corrected chi connectivity index (χ0v) is 25.7. The van der Waals surface area contributed by atoms with E-state index in [1.54, 1.807) is 6.07 Å². The normalized spacial score (nSPS) is 18.9. The average molecular weight is 595 g/mol. The van der Waals surface area contributed by atoms with Crippen molar-refractivity contribution in [2.75, 3.05) is 11.9 Å². The average Bonchev–Trinajstić information content (AvgIpc) is 3.50. The minimum atomic E-state index is -2.95. The van der Waals surface area contributed by atoms with E-state index in [0.717, 1.165) is 30.4 Å². The zero-order valence-electron chi connectivity index (χ0n) is 24.9. The van der Waals surface area contributed by atoms with Gasteiger partial charge in [-0.05, 0) is 80.0 Å². The summed E-state index contributed by atoms with van der Waals surface area (Å²) < 4.78 is 20.6. The number of carbonyl (C=O) groups excluding carboxylic acids is 1. The van der Waals surface area contributed by atoms with Crippen LogP contribution in [0, 0.1) is 6.92 Å². The quantitative estimate of drug-likeness (QED) is 0.191. The van der Waals surface area contributed by atoms with Gasteiger partial charge in [-0.2, -0.15) is 0 Å². The summed E-state index contributed by atoms with van der Waals surface area (Å²) >= 11 is 0. The molecule has 2 aliphatic rings. The molecule has 1 fully saturated rings. The highest BCUT2D eigenvalue weighted by Gasteiger charge is 2.34. The van der Waals surface area contributed by atoms with Gasteiger partial charge in [0, 0.05) is 30.5 Å². The maximum Gasteiger partial charge on any atom is 0.367 e. The fourth-order valence-corrected chi connectivity index (χ4v) is 6.71. The Morgan fingerprint density at radius 1 is 0.905 bits per heavy atom. The molecule has 2 unspecified atom stereocenters. The third-order valence-electron chi connectivity index (χ3n) is 7.82. The van der Waals surface area contributed by atoms with E-state index in [1.807, 2.05) is 64.1 Å². The molecule has 226 valence electrons. The number of esters is 1. The largest absolute Gasteiger partial charge is 0.465 e. The fourth-order valence-electron chi connectivity index (χ4n) is 5.80. The third-order valence-corrected chi connectivity index (χ3v) is 9.45. The molecule has 2 aliphatic carbocycles. The fraction of sp³-hybridized carbons (Fsp3) is 0.424. The van der Waals surface area contributed by atoms with Gasteiger partial charge in [-0.25, -0.2) is 8.93 Å². The summed E-state index contributed by atoms with van der Waals surface area (Å²) in [6.07, 6.45) is 0.0223. The number of hydrogen-bond donors (Lipinski definition) is 5. The van der Waals surface area contributed by atoms with Crippen molar-refractivity contribution in [1.82, 2.24) is 4.72 Å². The Hall–Kier alpha value is -3.08. The van der Waals surface area contributed by atoms with Crippen molar-refractivity contribution >= 4 is 22.6 Å². The Morgan fingerprint density at radius 2 is 1.48 bits per heavy atom. The molecule has 9 heteroatoms. The molecule has 8 nitrogen and oxygen atoms in total. The number of ether oxygens (including phenoxy) is 1. The molecule has 0 aliphatic heterocycles. The van der Waals surface area contributed by atoms with E-state index >= 15 is 0 Å². The SMILES string of the molecule is CC(=O)OCC1c2ccccc2-c2ccccc21.Cc1c(NC(O)(O)O)cccc1C1CCC[C@H]1NS(=O)C(C)(C)C. The summed E-state index contributed by atoms with van der Waals surface area (Å²) in [4.78, 5) is 11.0. The van der Waals surface area contributed by atoms with Gasteiger partial charge >= 0.3 is 12.1 Å². The van der Waals surface area contributed by atoms with Crippen LogP contribution in [-0.4, -0.2) is 49.0 Å². The van der Waals surface area contributed by atoms with Gasteiger partial charge < -0.3 is 25.4 Å². The molecule has 3 atom stereocenters. The molecule has 0 heterocycles. The van der Waals surface area contributed by atoms with Crippen molar-refractivity contribution in [3.63, 3.8) is 0 Å². The second kappa shape index (κ2) is 13.1. The molecule has 1 saturated carbocycles. The Labute approximate surface area is 250 Å². The molecule has 0 amide bonds. The summed E-state index contributed by atoms with van der Waals surface area (Å²) in [5.74, 6) is 0.140. The summed E-state index contributed by atoms with van der Waals surface area (Å²) in [6, 6.07) is 22.2. The van der Waals surface area contributed by atoms with Crippen LogP contribution < -0.4 is 10.0 Å². The second-order valence-corrected chi connectivity index (χ2v) is 14.0. The number of nitrogens with one attached hydrogen (secondary N) is 2. The minimum absolute atomic E-state index is 0.112. The highest BCUT2D eigenvalue weighted by atomic mass is 32.2. The monoisotopic (exact) mass is 594 g/mol. The first-order chi connectivity index (χ1) is 19.8. The standard InChI is InChI=1S/C17H28N2O4S.C16H14O2/c1-11-12(7-5-9-14(11)18-17(20,21)22)13-8-6-10-15(13)19-24(23)16(2,3)4;1-11(17)18-10-16-14-8-4-2-6-12(14)13-7-3-5-9-15(13)16/h5,7,9,13,15,18-22H,6,8,10H2,1-4H3;2-9,16H,10H2,1H3/t13?,15-,24?;/m1./s1. The topological polar surface area (TPSA) is 128 Å². The van der Waals surface area contributed by atoms with Crippen molar-refractivity contribution < 1.29 is 29.1 Å². The van der Waals surface area contributed by atoms with E-state index in [2.05, 4.69) is 34.3 Å². The molecular formula is C33H42N2O6S. The number of rotatable bonds is 7. The van der Waals surface area contributed by atoms with E-state index in [1.165, 1.54) is 29.2 Å². The summed E-state index contributed by atoms with van der Waals surface area (Å²) in [5, 5.41) is 29.8. The van der Waals surface area contributed by atoms with Crippen LogP contribution in [0.2, 0.25) is 0 Å². The van der Waals surface area contributed by atoms with Crippen LogP contribution in [0.4, 0.5) is 5.69 Å². The molecule has 0 radical (unpaired) electrons. The molecule has 3 aromatic carbocycles. The lowest BCUT2D eigenvalue weighted by Gasteiger charge is -2.27. The van der Waals surface area contributed by atoms with E-state index < -0.39 is 17.1 Å². The zero-order chi connectivity index (χ0) is 30.7. The van der Waals surface area contributed by atoms with Crippen LogP contribution in [-0.2, 0) is 20.5 Å². The minimum Gasteiger partial charge on any atom is -0.465 e. The molecule has 0 spiro atoms. The first kappa shape index (κ1) is 31.8. The lowest BCUT2D eigenvalue weighted by molar-refractivity contribution is -0.289. The van der Waals surface area contributed by atoms with Crippen LogP contribution >= 0.6 is 0 Å². The molecule has 0 bridgehead atoms. The number of hydrogen-bond acceptors (Lipinski definition) is 7. The van der Waals surface area contributed by atoms with Crippen molar-refractivity contribution in [2.45, 2.75) is 82.6 Å². The van der Waals surface area contributed by atoms with Crippen molar-refractivity contribution in [1.29, 1.82) is 0 Å². The van der Waals surface area contributed by atoms with Gasteiger partial charge in [-0.1, -0.05) is 67.1 Å². The van der Waals surface area contributed by atoms with Gasteiger partial charge in [0.15, 0.2) is 0 Å². The highest BCUT2D eigenvalue weighted by molar-refractivity contribution is 7.84. The number of aliphatic hydroxyl groups is 3. The van der Waals surface area contributed by atoms with Crippen molar-refractivity contribution in [2.24, 2.45) is 0 Å². The highest BCUT2D eigenvalue weighted by Crippen LogP contribution is 2.44. The van der Waals surface area contributed by atoms with Gasteiger partial charge in [0.05, 0.1) is 15.7 Å². The predicted octanol–water partition coefficient (Wildman–Crippen LogP) is 5.05. The maximum atomic E-state index is 12.4. The van der Waals surface area contributed by atoms with Gasteiger partial charge in [0.1, 0.15) is 6.61 Å². The smallest absolute Gasteiger partial charge is 0.367 e. The van der Waals surface area contributed by atoms with Crippen LogP contribution in [0.5, 0.6) is 0 Å². The third kappa shape index (κ3) is 7.65. The first-order valence-electron chi connectivity index (χ1n) is 14.3. The Morgan fingerprint density at radius 3 is 2.02 bits per heavy atom. The van der Waals surface area contributed by atoms with Crippen LogP contribution in [0.25, 0.3) is 11.1 Å². The summed E-state index contributed by atoms with van der Waals surface area (Å²) in [5.41, 5.74) is 7.38. The number of anilines is 1. The van der Waals surface area contributed by atoms with E-state index in [4.69, 9.17) is 20.1 Å². The molecule has 42 heavy (non-hydrogen) atoms. The van der Waals surface area contributed by atoms with Crippen molar-refractivity contribution in [3.8, 4) is 11.1 Å². The van der Waals surface area contributed by atoms with E-state index in [-0.39, 0.29) is 28.6 Å². The molecular weight excluding hydrogens is 552 g/mol. The number of benzene rings is 3. The molecule has 3 aromatic rings. The first-order valence-corrected chi connectivity index (χ1v) is 15.5. The van der Waals surface area contributed by atoms with Gasteiger partial charge in [0.2, 0.25) is 0 Å². The predicted molar refractivity (Wildman–Crippen MR) is 166 cm³/mol. The van der Waals surface area contributed by atoms with Crippen LogP contribution in [0.1, 0.15) is 81.0 Å². The van der Waals surface area contributed by atoms with Crippen LogP contribution in [0.3, 0.4) is 0 Å². The van der Waals surface area contributed by atoms with E-state index in [0.29, 0.717) is 12.3 Å². The van der Waals surface area contributed by atoms with Gasteiger partial charge in [0.25, 0.3) is 0 Å². The number of fused-ring (bicyclic) bond motifs is 3. The Bertz CT molecular complexity index is 1380. The maximum absolute atomic E-state index is 12.4. The van der Waals surface area contributed by atoms with Crippen molar-refractivity contribution in [3.05, 3.63) is 89.0 Å². The molecule has 0 saturated heterocycles. The molecule has 5 rings (SSSR count). The Balaban J connectivity index is 0.000000200. The lowest BCUT2D eigenvalue weighted by atomic mass is 9.90. The van der Waals surface area contributed by atoms with Crippen LogP contribution in [0.15, 0.2) is 66.7 Å². The van der Waals surface area contributed by atoms with Gasteiger partial charge in [-0.3, -0.25) is 4.79 Å². The second-order valence-electron chi connectivity index (χ2n) is 12.0. The van der Waals surface area contributed by atoms with Gasteiger partial charge in [-0.15, -0.1) is 0 Å². The Kier molecular flexibility index (Phi) is 9.90. The van der Waals surface area contributed by atoms with E-state index in [9.17, 15) is 9.00 Å².